The molecule has 0 unspecified atom stereocenters. The molecule has 1 spiro atoms. The first kappa shape index (κ1) is 19.9. The smallest absolute Gasteiger partial charge is 0.221 e. The summed E-state index contributed by atoms with van der Waals surface area (Å²) in [6.45, 7) is 1.50. The average Bonchev–Trinajstić information content (AvgIpc) is 2.95. The summed E-state index contributed by atoms with van der Waals surface area (Å²) >= 11 is 11.7. The monoisotopic (exact) mass is 426 g/mol. The molecule has 2 aromatic carbocycles. The number of nitrogens with zero attached hydrogens (tertiary/aromatic N) is 2. The first-order valence-corrected chi connectivity index (χ1v) is 10.6. The molecule has 5 nitrogen and oxygen atoms in total. The Labute approximate surface area is 181 Å². The lowest BCUT2D eigenvalue weighted by Gasteiger charge is -2.43. The van der Waals surface area contributed by atoms with Crippen molar-refractivity contribution in [2.75, 3.05) is 15.5 Å². The number of benzene rings is 2. The van der Waals surface area contributed by atoms with E-state index < -0.39 is 0 Å². The molecule has 2 aliphatic rings. The standard InChI is InChI=1S/C22H23ClN4OS/c1-15(28)24-17-9-11-19(12-10-17)27-21(29)26-20(22(27)13-3-2-4-14-22)25-18-7-5-16(23)6-8-18/h5-12H,2-4,13-14H2,1H3,(H,24,28)(H,25,26,29). The van der Waals surface area contributed by atoms with Crippen LogP contribution >= 0.6 is 23.8 Å². The Morgan fingerprint density at radius 2 is 1.66 bits per heavy atom. The van der Waals surface area contributed by atoms with Gasteiger partial charge in [0, 0.05) is 29.0 Å². The largest absolute Gasteiger partial charge is 0.342 e. The van der Waals surface area contributed by atoms with Crippen LogP contribution in [0.2, 0.25) is 5.02 Å². The Balaban J connectivity index is 1.66. The van der Waals surface area contributed by atoms with E-state index in [1.165, 1.54) is 13.3 Å². The van der Waals surface area contributed by atoms with Gasteiger partial charge in [0.1, 0.15) is 11.4 Å². The van der Waals surface area contributed by atoms with Crippen LogP contribution in [0.25, 0.3) is 0 Å². The SMILES string of the molecule is CC(=O)Nc1ccc(N2C(=S)N=C(Nc3ccc(Cl)cc3)C23CCCCC3)cc1. The van der Waals surface area contributed by atoms with Gasteiger partial charge in [-0.15, -0.1) is 0 Å². The number of carbonyl (C=O) groups is 1. The summed E-state index contributed by atoms with van der Waals surface area (Å²) in [6, 6.07) is 15.4. The minimum Gasteiger partial charge on any atom is -0.342 e. The number of hydrogen-bond acceptors (Lipinski definition) is 3. The maximum atomic E-state index is 11.3. The van der Waals surface area contributed by atoms with E-state index in [4.69, 9.17) is 28.8 Å². The molecule has 2 N–H and O–H groups in total. The molecule has 0 saturated heterocycles. The number of rotatable bonds is 3. The molecule has 0 radical (unpaired) electrons. The van der Waals surface area contributed by atoms with Crippen LogP contribution < -0.4 is 15.5 Å². The molecule has 1 heterocycles. The van der Waals surface area contributed by atoms with Gasteiger partial charge < -0.3 is 15.5 Å². The summed E-state index contributed by atoms with van der Waals surface area (Å²) in [5, 5.41) is 7.58. The Morgan fingerprint density at radius 3 is 2.28 bits per heavy atom. The van der Waals surface area contributed by atoms with Crippen LogP contribution in [0.5, 0.6) is 0 Å². The van der Waals surface area contributed by atoms with Crippen molar-refractivity contribution < 1.29 is 4.79 Å². The van der Waals surface area contributed by atoms with Gasteiger partial charge in [0.05, 0.1) is 0 Å². The molecule has 150 valence electrons. The third-order valence-corrected chi connectivity index (χ3v) is 6.03. The first-order valence-electron chi connectivity index (χ1n) is 9.82. The van der Waals surface area contributed by atoms with Gasteiger partial charge in [0.25, 0.3) is 0 Å². The van der Waals surface area contributed by atoms with Crippen LogP contribution in [-0.4, -0.2) is 22.4 Å². The molecule has 1 saturated carbocycles. The maximum Gasteiger partial charge on any atom is 0.221 e. The van der Waals surface area contributed by atoms with Crippen molar-refractivity contribution in [1.82, 2.24) is 0 Å². The number of nitrogens with one attached hydrogen (secondary N) is 2. The molecule has 1 fully saturated rings. The number of aliphatic imine (C=N–C) groups is 1. The maximum absolute atomic E-state index is 11.3. The van der Waals surface area contributed by atoms with Crippen LogP contribution in [0.1, 0.15) is 39.0 Å². The molecule has 2 aromatic rings. The Morgan fingerprint density at radius 1 is 1.03 bits per heavy atom. The topological polar surface area (TPSA) is 56.7 Å². The van der Waals surface area contributed by atoms with E-state index >= 15 is 0 Å². The number of thiocarbonyl (C=S) groups is 1. The second-order valence-corrected chi connectivity index (χ2v) is 8.33. The highest BCUT2D eigenvalue weighted by Gasteiger charge is 2.49. The average molecular weight is 427 g/mol. The predicted octanol–water partition coefficient (Wildman–Crippen LogP) is 5.62. The summed E-state index contributed by atoms with van der Waals surface area (Å²) in [7, 11) is 0. The highest BCUT2D eigenvalue weighted by molar-refractivity contribution is 7.80. The van der Waals surface area contributed by atoms with Gasteiger partial charge in [0.15, 0.2) is 0 Å². The minimum absolute atomic E-state index is 0.0871. The zero-order valence-electron chi connectivity index (χ0n) is 16.2. The van der Waals surface area contributed by atoms with Crippen molar-refractivity contribution in [1.29, 1.82) is 0 Å². The lowest BCUT2D eigenvalue weighted by Crippen LogP contribution is -2.55. The van der Waals surface area contributed by atoms with Crippen LogP contribution in [0, 0.1) is 0 Å². The normalized spacial score (nSPS) is 17.9. The Hall–Kier alpha value is -2.44. The molecular weight excluding hydrogens is 404 g/mol. The van der Waals surface area contributed by atoms with Crippen molar-refractivity contribution in [2.24, 2.45) is 4.99 Å². The second kappa shape index (κ2) is 8.13. The van der Waals surface area contributed by atoms with Gasteiger partial charge in [0.2, 0.25) is 11.0 Å². The van der Waals surface area contributed by atoms with Crippen LogP contribution in [-0.2, 0) is 4.79 Å². The van der Waals surface area contributed by atoms with E-state index in [0.29, 0.717) is 10.1 Å². The number of hydrogen-bond donors (Lipinski definition) is 2. The predicted molar refractivity (Wildman–Crippen MR) is 124 cm³/mol. The number of amidine groups is 1. The quantitative estimate of drug-likeness (QED) is 0.625. The van der Waals surface area contributed by atoms with Crippen LogP contribution in [0.3, 0.4) is 0 Å². The minimum atomic E-state index is -0.273. The molecule has 1 amide bonds. The molecule has 0 atom stereocenters. The van der Waals surface area contributed by atoms with E-state index in [2.05, 4.69) is 15.5 Å². The Bertz CT molecular complexity index is 950. The second-order valence-electron chi connectivity index (χ2n) is 7.53. The number of amides is 1. The van der Waals surface area contributed by atoms with Crippen molar-refractivity contribution in [3.05, 3.63) is 53.6 Å². The first-order chi connectivity index (χ1) is 14.0. The fourth-order valence-corrected chi connectivity index (χ4v) is 4.70. The van der Waals surface area contributed by atoms with E-state index in [0.717, 1.165) is 48.6 Å². The van der Waals surface area contributed by atoms with E-state index in [1.54, 1.807) is 0 Å². The molecular formula is C22H23ClN4OS. The van der Waals surface area contributed by atoms with E-state index in [-0.39, 0.29) is 11.4 Å². The molecule has 4 rings (SSSR count). The zero-order chi connectivity index (χ0) is 20.4. The molecule has 0 bridgehead atoms. The number of halogens is 1. The lowest BCUT2D eigenvalue weighted by atomic mass is 9.79. The fourth-order valence-electron chi connectivity index (χ4n) is 4.20. The summed E-state index contributed by atoms with van der Waals surface area (Å²) in [5.41, 5.74) is 2.43. The highest BCUT2D eigenvalue weighted by Crippen LogP contribution is 2.42. The molecule has 7 heteroatoms. The van der Waals surface area contributed by atoms with Gasteiger partial charge in [-0.3, -0.25) is 4.79 Å². The van der Waals surface area contributed by atoms with E-state index in [1.807, 2.05) is 48.5 Å². The summed E-state index contributed by atoms with van der Waals surface area (Å²) in [6.07, 6.45) is 5.45. The van der Waals surface area contributed by atoms with Gasteiger partial charge in [-0.05, 0) is 73.6 Å². The number of anilines is 3. The van der Waals surface area contributed by atoms with E-state index in [9.17, 15) is 4.79 Å². The molecule has 29 heavy (non-hydrogen) atoms. The van der Waals surface area contributed by atoms with Gasteiger partial charge in [-0.25, -0.2) is 4.99 Å². The van der Waals surface area contributed by atoms with Crippen molar-refractivity contribution in [3.63, 3.8) is 0 Å². The zero-order valence-corrected chi connectivity index (χ0v) is 17.8. The molecule has 1 aliphatic carbocycles. The van der Waals surface area contributed by atoms with Crippen molar-refractivity contribution >= 4 is 57.7 Å². The number of carbonyl (C=O) groups excluding carboxylic acids is 1. The molecule has 0 aromatic heterocycles. The van der Waals surface area contributed by atoms with Crippen LogP contribution in [0.15, 0.2) is 53.5 Å². The van der Waals surface area contributed by atoms with Gasteiger partial charge in [-0.1, -0.05) is 30.9 Å². The Kier molecular flexibility index (Phi) is 5.56. The fraction of sp³-hybridized carbons (Fsp3) is 0.318. The molecule has 1 aliphatic heterocycles. The summed E-state index contributed by atoms with van der Waals surface area (Å²) < 4.78 is 0. The highest BCUT2D eigenvalue weighted by atomic mass is 35.5. The van der Waals surface area contributed by atoms with Crippen LogP contribution in [0.4, 0.5) is 17.1 Å². The van der Waals surface area contributed by atoms with Gasteiger partial charge in [-0.2, -0.15) is 0 Å². The summed E-state index contributed by atoms with van der Waals surface area (Å²) in [5.74, 6) is 0.812. The third kappa shape index (κ3) is 4.00. The van der Waals surface area contributed by atoms with Crippen molar-refractivity contribution in [2.45, 2.75) is 44.6 Å². The van der Waals surface area contributed by atoms with Gasteiger partial charge >= 0.3 is 0 Å². The van der Waals surface area contributed by atoms with Crippen molar-refractivity contribution in [3.8, 4) is 0 Å². The lowest BCUT2D eigenvalue weighted by molar-refractivity contribution is -0.114. The third-order valence-electron chi connectivity index (χ3n) is 5.50. The summed E-state index contributed by atoms with van der Waals surface area (Å²) in [4.78, 5) is 18.3.